The molecule has 3 heterocycles. The second kappa shape index (κ2) is 9.81. The Morgan fingerprint density at radius 3 is 2.73 bits per heavy atom. The van der Waals surface area contributed by atoms with Crippen molar-refractivity contribution in [2.45, 2.75) is 39.5 Å². The maximum atomic E-state index is 15.1. The third-order valence-electron chi connectivity index (χ3n) is 6.29. The number of rotatable bonds is 2. The Morgan fingerprint density at radius 2 is 1.97 bits per heavy atom. The van der Waals surface area contributed by atoms with Crippen molar-refractivity contribution in [2.75, 3.05) is 33.2 Å². The Morgan fingerprint density at radius 1 is 1.15 bits per heavy atom. The van der Waals surface area contributed by atoms with E-state index in [4.69, 9.17) is 4.99 Å². The number of aliphatic imine (C=N–C) groups is 1. The first-order valence-electron chi connectivity index (χ1n) is 11.5. The summed E-state index contributed by atoms with van der Waals surface area (Å²) < 4.78 is 15.1. The third-order valence-corrected chi connectivity index (χ3v) is 7.10. The summed E-state index contributed by atoms with van der Waals surface area (Å²) in [6.45, 7) is 8.24. The summed E-state index contributed by atoms with van der Waals surface area (Å²) in [4.78, 5) is 33.5. The van der Waals surface area contributed by atoms with Gasteiger partial charge in [0, 0.05) is 31.6 Å². The Balaban J connectivity index is 1.73. The molecule has 2 amide bonds. The van der Waals surface area contributed by atoms with Crippen LogP contribution in [0.15, 0.2) is 34.2 Å². The second-order valence-electron chi connectivity index (χ2n) is 9.64. The van der Waals surface area contributed by atoms with E-state index in [1.807, 2.05) is 0 Å². The summed E-state index contributed by atoms with van der Waals surface area (Å²) in [5.41, 5.74) is 1.59. The molecule has 0 aromatic heterocycles. The number of likely N-dealkylation sites (N-methyl/N-ethyl adjacent to an activating group) is 1. The number of nitrogens with zero attached hydrogens (tertiary/aromatic N) is 3. The van der Waals surface area contributed by atoms with Crippen molar-refractivity contribution in [3.05, 3.63) is 46.1 Å². The number of benzene rings is 1. The van der Waals surface area contributed by atoms with Crippen molar-refractivity contribution in [2.24, 2.45) is 10.4 Å². The van der Waals surface area contributed by atoms with Crippen molar-refractivity contribution >= 4 is 40.5 Å². The van der Waals surface area contributed by atoms with E-state index in [9.17, 15) is 9.59 Å². The molecule has 1 aromatic carbocycles. The lowest BCUT2D eigenvalue weighted by atomic mass is 9.84. The number of hydrogen-bond acceptors (Lipinski definition) is 6. The molecule has 0 aliphatic carbocycles. The van der Waals surface area contributed by atoms with Gasteiger partial charge in [-0.15, -0.1) is 0 Å². The van der Waals surface area contributed by atoms with Crippen LogP contribution >= 0.6 is 11.8 Å². The monoisotopic (exact) mass is 470 g/mol. The highest BCUT2D eigenvalue weighted by Crippen LogP contribution is 2.35. The molecular weight excluding hydrogens is 439 g/mol. The van der Waals surface area contributed by atoms with Crippen molar-refractivity contribution in [3.63, 3.8) is 0 Å². The van der Waals surface area contributed by atoms with Crippen LogP contribution in [0.1, 0.15) is 50.7 Å². The lowest BCUT2D eigenvalue weighted by Crippen LogP contribution is -2.35. The zero-order valence-corrected chi connectivity index (χ0v) is 20.3. The van der Waals surface area contributed by atoms with Gasteiger partial charge in [-0.2, -0.15) is 0 Å². The van der Waals surface area contributed by atoms with Crippen LogP contribution in [0.3, 0.4) is 0 Å². The first-order valence-corrected chi connectivity index (χ1v) is 12.3. The van der Waals surface area contributed by atoms with Crippen LogP contribution in [0, 0.1) is 11.2 Å². The number of amidine groups is 1. The van der Waals surface area contributed by atoms with Crippen LogP contribution in [-0.4, -0.2) is 60.0 Å². The lowest BCUT2D eigenvalue weighted by Gasteiger charge is -2.29. The smallest absolute Gasteiger partial charge is 0.290 e. The van der Waals surface area contributed by atoms with Gasteiger partial charge < -0.3 is 9.80 Å². The van der Waals surface area contributed by atoms with Gasteiger partial charge >= 0.3 is 0 Å². The van der Waals surface area contributed by atoms with E-state index in [1.54, 1.807) is 18.2 Å². The number of amides is 2. The van der Waals surface area contributed by atoms with E-state index >= 15 is 4.39 Å². The minimum atomic E-state index is -0.423. The predicted octanol–water partition coefficient (Wildman–Crippen LogP) is 4.74. The van der Waals surface area contributed by atoms with Crippen LogP contribution in [0.2, 0.25) is 0 Å². The molecule has 2 fully saturated rings. The van der Waals surface area contributed by atoms with Gasteiger partial charge in [-0.25, -0.2) is 9.38 Å². The fourth-order valence-electron chi connectivity index (χ4n) is 4.44. The summed E-state index contributed by atoms with van der Waals surface area (Å²) in [5, 5.41) is 1.86. The molecule has 176 valence electrons. The van der Waals surface area contributed by atoms with Crippen LogP contribution < -0.4 is 5.32 Å². The fourth-order valence-corrected chi connectivity index (χ4v) is 5.13. The van der Waals surface area contributed by atoms with Gasteiger partial charge in [0.05, 0.1) is 10.6 Å². The fraction of sp³-hybridized carbons (Fsp3) is 0.480. The van der Waals surface area contributed by atoms with E-state index in [0.29, 0.717) is 21.7 Å². The van der Waals surface area contributed by atoms with Gasteiger partial charge in [0.15, 0.2) is 0 Å². The molecule has 2 saturated heterocycles. The molecule has 0 unspecified atom stereocenters. The first-order chi connectivity index (χ1) is 15.7. The SMILES string of the molecule is CN1CCCN(C2=N/C(c3cc(/C=C4\SC(=O)NC4=O)ccc3F)=C\C(C)(C)CCC2)CC1. The highest BCUT2D eigenvalue weighted by molar-refractivity contribution is 8.18. The van der Waals surface area contributed by atoms with Crippen molar-refractivity contribution in [3.8, 4) is 0 Å². The Kier molecular flexibility index (Phi) is 7.05. The number of thioether (sulfide) groups is 1. The van der Waals surface area contributed by atoms with E-state index in [1.165, 1.54) is 6.07 Å². The lowest BCUT2D eigenvalue weighted by molar-refractivity contribution is -0.115. The standard InChI is InChI=1S/C25H31FN4O2S/c1-25(2)9-4-6-22(30-11-5-10-29(3)12-13-30)27-20(16-25)18-14-17(7-8-19(18)26)15-21-23(31)28-24(32)33-21/h7-8,14-16H,4-6,9-13H2,1-3H3,(H,28,31,32)/b20-16-,21-15-,27-22?. The third kappa shape index (κ3) is 5.92. The van der Waals surface area contributed by atoms with Crippen molar-refractivity contribution in [1.29, 1.82) is 0 Å². The Bertz CT molecular complexity index is 1050. The topological polar surface area (TPSA) is 65.0 Å². The Labute approximate surface area is 199 Å². The predicted molar refractivity (Wildman–Crippen MR) is 132 cm³/mol. The zero-order valence-electron chi connectivity index (χ0n) is 19.5. The van der Waals surface area contributed by atoms with Gasteiger partial charge in [-0.1, -0.05) is 26.0 Å². The van der Waals surface area contributed by atoms with Crippen LogP contribution in [0.4, 0.5) is 9.18 Å². The maximum absolute atomic E-state index is 15.1. The Hall–Kier alpha value is -2.45. The average molecular weight is 471 g/mol. The molecule has 1 N–H and O–H groups in total. The largest absolute Gasteiger partial charge is 0.359 e. The van der Waals surface area contributed by atoms with Gasteiger partial charge in [0.1, 0.15) is 11.7 Å². The molecule has 4 rings (SSSR count). The minimum Gasteiger partial charge on any atom is -0.359 e. The minimum absolute atomic E-state index is 0.113. The van der Waals surface area contributed by atoms with Crippen LogP contribution in [-0.2, 0) is 4.79 Å². The van der Waals surface area contributed by atoms with E-state index in [-0.39, 0.29) is 11.2 Å². The van der Waals surface area contributed by atoms with Crippen LogP contribution in [0.25, 0.3) is 11.8 Å². The number of hydrogen-bond donors (Lipinski definition) is 1. The average Bonchev–Trinajstić information content (AvgIpc) is 2.91. The van der Waals surface area contributed by atoms with E-state index < -0.39 is 11.1 Å². The first kappa shape index (κ1) is 23.7. The molecule has 0 bridgehead atoms. The molecule has 0 radical (unpaired) electrons. The summed E-state index contributed by atoms with van der Waals surface area (Å²) in [6.07, 6.45) is 7.68. The van der Waals surface area contributed by atoms with Gasteiger partial charge in [-0.05, 0) is 73.8 Å². The molecule has 0 spiro atoms. The quantitative estimate of drug-likeness (QED) is 0.633. The van der Waals surface area contributed by atoms with Crippen LogP contribution in [0.5, 0.6) is 0 Å². The zero-order chi connectivity index (χ0) is 23.6. The maximum Gasteiger partial charge on any atom is 0.290 e. The van der Waals surface area contributed by atoms with E-state index in [0.717, 1.165) is 69.5 Å². The second-order valence-corrected chi connectivity index (χ2v) is 10.6. The van der Waals surface area contributed by atoms with Gasteiger partial charge in [0.25, 0.3) is 11.1 Å². The van der Waals surface area contributed by atoms with Crippen molar-refractivity contribution < 1.29 is 14.0 Å². The highest BCUT2D eigenvalue weighted by atomic mass is 32.2. The summed E-state index contributed by atoms with van der Waals surface area (Å²) >= 11 is 0.856. The molecule has 33 heavy (non-hydrogen) atoms. The molecule has 1 aromatic rings. The molecule has 8 heteroatoms. The normalized spacial score (nSPS) is 25.1. The number of carbonyl (C=O) groups excluding carboxylic acids is 2. The number of halogens is 1. The number of carbonyl (C=O) groups is 2. The molecular formula is C25H31FN4O2S. The van der Waals surface area contributed by atoms with Gasteiger partial charge in [-0.3, -0.25) is 14.9 Å². The number of nitrogens with one attached hydrogen (secondary N) is 1. The van der Waals surface area contributed by atoms with Gasteiger partial charge in [0.2, 0.25) is 0 Å². The van der Waals surface area contributed by atoms with E-state index in [2.05, 4.69) is 42.1 Å². The summed E-state index contributed by atoms with van der Waals surface area (Å²) in [5.74, 6) is 0.248. The number of allylic oxidation sites excluding steroid dienone is 1. The molecule has 3 aliphatic heterocycles. The molecule has 6 nitrogen and oxygen atoms in total. The molecule has 3 aliphatic rings. The summed E-state index contributed by atoms with van der Waals surface area (Å²) in [7, 11) is 2.14. The highest BCUT2D eigenvalue weighted by Gasteiger charge is 2.26. The molecule has 0 atom stereocenters. The molecule has 0 saturated carbocycles. The van der Waals surface area contributed by atoms with Crippen molar-refractivity contribution in [1.82, 2.24) is 15.1 Å². The summed E-state index contributed by atoms with van der Waals surface area (Å²) in [6, 6.07) is 4.75. The number of imide groups is 1.